The number of hydrogen-bond acceptors (Lipinski definition) is 5. The Labute approximate surface area is 81.6 Å². The molecule has 0 spiro atoms. The summed E-state index contributed by atoms with van der Waals surface area (Å²) < 4.78 is 9.18. The molecule has 1 atom stereocenters. The molecule has 6 heteroatoms. The van der Waals surface area contributed by atoms with Crippen LogP contribution in [0.3, 0.4) is 0 Å². The number of amides is 1. The normalized spacial score (nSPS) is 11.4. The smallest absolute Gasteiger partial charge is 0.303 e. The minimum absolute atomic E-state index is 0.269. The van der Waals surface area contributed by atoms with Gasteiger partial charge in [-0.25, -0.2) is 0 Å². The van der Waals surface area contributed by atoms with Gasteiger partial charge in [0.2, 0.25) is 6.10 Å². The molecular formula is C8H13NO5. The van der Waals surface area contributed by atoms with E-state index >= 15 is 0 Å². The minimum atomic E-state index is -1.08. The lowest BCUT2D eigenvalue weighted by Crippen LogP contribution is -2.39. The Morgan fingerprint density at radius 3 is 2.14 bits per heavy atom. The summed E-state index contributed by atoms with van der Waals surface area (Å²) in [6.07, 6.45) is -1.08. The molecule has 0 aliphatic carbocycles. The third-order valence-corrected chi connectivity index (χ3v) is 1.29. The van der Waals surface area contributed by atoms with Crippen LogP contribution in [0.15, 0.2) is 0 Å². The van der Waals surface area contributed by atoms with Crippen molar-refractivity contribution in [3.8, 4) is 0 Å². The number of carbonyl (C=O) groups excluding carboxylic acids is 3. The SMILES string of the molecule is CNC(=O)C(COC(C)=O)OC(C)=O. The fourth-order valence-corrected chi connectivity index (χ4v) is 0.718. The standard InChI is InChI=1S/C8H13NO5/c1-5(10)13-4-7(8(12)9-3)14-6(2)11/h7H,4H2,1-3H3,(H,9,12). The first-order valence-corrected chi connectivity index (χ1v) is 3.99. The highest BCUT2D eigenvalue weighted by Gasteiger charge is 2.21. The van der Waals surface area contributed by atoms with Crippen molar-refractivity contribution in [2.24, 2.45) is 0 Å². The summed E-state index contributed by atoms with van der Waals surface area (Å²) in [5.41, 5.74) is 0. The second-order valence-corrected chi connectivity index (χ2v) is 2.51. The molecule has 0 saturated heterocycles. The molecule has 0 aromatic carbocycles. The first kappa shape index (κ1) is 12.4. The summed E-state index contributed by atoms with van der Waals surface area (Å²) in [5, 5.41) is 2.29. The van der Waals surface area contributed by atoms with Crippen molar-refractivity contribution in [3.05, 3.63) is 0 Å². The number of ether oxygens (including phenoxy) is 2. The van der Waals surface area contributed by atoms with Crippen LogP contribution < -0.4 is 5.32 Å². The predicted molar refractivity (Wildman–Crippen MR) is 46.3 cm³/mol. The van der Waals surface area contributed by atoms with Gasteiger partial charge in [-0.1, -0.05) is 0 Å². The van der Waals surface area contributed by atoms with Crippen LogP contribution in [0, 0.1) is 0 Å². The Bertz CT molecular complexity index is 238. The van der Waals surface area contributed by atoms with E-state index in [1.54, 1.807) is 0 Å². The molecule has 0 heterocycles. The van der Waals surface area contributed by atoms with E-state index in [1.165, 1.54) is 20.9 Å². The summed E-state index contributed by atoms with van der Waals surface area (Å²) >= 11 is 0. The van der Waals surface area contributed by atoms with E-state index in [-0.39, 0.29) is 6.61 Å². The van der Waals surface area contributed by atoms with E-state index in [4.69, 9.17) is 0 Å². The maximum atomic E-state index is 11.1. The zero-order valence-electron chi connectivity index (χ0n) is 8.33. The zero-order valence-corrected chi connectivity index (χ0v) is 8.33. The van der Waals surface area contributed by atoms with Gasteiger partial charge in [0, 0.05) is 20.9 Å². The molecule has 80 valence electrons. The first-order chi connectivity index (χ1) is 6.47. The Balaban J connectivity index is 4.17. The Morgan fingerprint density at radius 1 is 1.21 bits per heavy atom. The van der Waals surface area contributed by atoms with Gasteiger partial charge in [0.1, 0.15) is 6.61 Å². The minimum Gasteiger partial charge on any atom is -0.461 e. The van der Waals surface area contributed by atoms with Gasteiger partial charge in [-0.3, -0.25) is 14.4 Å². The molecule has 0 saturated carbocycles. The largest absolute Gasteiger partial charge is 0.461 e. The summed E-state index contributed by atoms with van der Waals surface area (Å²) in [4.78, 5) is 32.1. The average Bonchev–Trinajstić information content (AvgIpc) is 2.10. The quantitative estimate of drug-likeness (QED) is 0.606. The molecule has 1 amide bonds. The molecule has 0 aromatic heterocycles. The van der Waals surface area contributed by atoms with Crippen molar-refractivity contribution >= 4 is 17.8 Å². The second kappa shape index (κ2) is 5.95. The van der Waals surface area contributed by atoms with Crippen LogP contribution in [-0.4, -0.2) is 37.6 Å². The number of nitrogens with one attached hydrogen (secondary N) is 1. The van der Waals surface area contributed by atoms with Crippen LogP contribution in [0.2, 0.25) is 0 Å². The third-order valence-electron chi connectivity index (χ3n) is 1.29. The lowest BCUT2D eigenvalue weighted by molar-refractivity contribution is -0.161. The van der Waals surface area contributed by atoms with Crippen LogP contribution >= 0.6 is 0 Å². The van der Waals surface area contributed by atoms with Crippen molar-refractivity contribution in [1.29, 1.82) is 0 Å². The molecule has 1 unspecified atom stereocenters. The molecule has 1 N–H and O–H groups in total. The topological polar surface area (TPSA) is 81.7 Å². The van der Waals surface area contributed by atoms with Gasteiger partial charge >= 0.3 is 11.9 Å². The molecule has 0 aliphatic rings. The van der Waals surface area contributed by atoms with Crippen LogP contribution in [0.4, 0.5) is 0 Å². The summed E-state index contributed by atoms with van der Waals surface area (Å²) in [5.74, 6) is -1.65. The highest BCUT2D eigenvalue weighted by molar-refractivity contribution is 5.83. The van der Waals surface area contributed by atoms with Crippen molar-refractivity contribution in [3.63, 3.8) is 0 Å². The van der Waals surface area contributed by atoms with E-state index in [0.717, 1.165) is 0 Å². The van der Waals surface area contributed by atoms with Gasteiger partial charge in [0.25, 0.3) is 5.91 Å². The maximum absolute atomic E-state index is 11.1. The van der Waals surface area contributed by atoms with Gasteiger partial charge < -0.3 is 14.8 Å². The van der Waals surface area contributed by atoms with Crippen molar-refractivity contribution < 1.29 is 23.9 Å². The van der Waals surface area contributed by atoms with E-state index in [1.807, 2.05) is 0 Å². The number of esters is 2. The molecule has 0 aliphatic heterocycles. The Morgan fingerprint density at radius 2 is 1.79 bits per heavy atom. The fraction of sp³-hybridized carbons (Fsp3) is 0.625. The highest BCUT2D eigenvalue weighted by Crippen LogP contribution is 1.95. The summed E-state index contributed by atoms with van der Waals surface area (Å²) in [7, 11) is 1.40. The summed E-state index contributed by atoms with van der Waals surface area (Å²) in [6.45, 7) is 2.10. The molecule has 0 rings (SSSR count). The lowest BCUT2D eigenvalue weighted by Gasteiger charge is -2.14. The molecule has 6 nitrogen and oxygen atoms in total. The van der Waals surface area contributed by atoms with E-state index in [9.17, 15) is 14.4 Å². The number of hydrogen-bond donors (Lipinski definition) is 1. The Hall–Kier alpha value is -1.59. The van der Waals surface area contributed by atoms with Crippen LogP contribution in [0.25, 0.3) is 0 Å². The zero-order chi connectivity index (χ0) is 11.1. The van der Waals surface area contributed by atoms with Crippen molar-refractivity contribution in [2.45, 2.75) is 20.0 Å². The lowest BCUT2D eigenvalue weighted by atomic mass is 10.3. The van der Waals surface area contributed by atoms with Crippen LogP contribution in [0.1, 0.15) is 13.8 Å². The average molecular weight is 203 g/mol. The molecular weight excluding hydrogens is 190 g/mol. The van der Waals surface area contributed by atoms with Crippen LogP contribution in [0.5, 0.6) is 0 Å². The van der Waals surface area contributed by atoms with Gasteiger partial charge in [0.05, 0.1) is 0 Å². The van der Waals surface area contributed by atoms with E-state index < -0.39 is 23.9 Å². The van der Waals surface area contributed by atoms with E-state index in [0.29, 0.717) is 0 Å². The van der Waals surface area contributed by atoms with Crippen LogP contribution in [-0.2, 0) is 23.9 Å². The monoisotopic (exact) mass is 203 g/mol. The van der Waals surface area contributed by atoms with Gasteiger partial charge in [0.15, 0.2) is 0 Å². The number of likely N-dealkylation sites (N-methyl/N-ethyl adjacent to an activating group) is 1. The van der Waals surface area contributed by atoms with E-state index in [2.05, 4.69) is 14.8 Å². The number of carbonyl (C=O) groups is 3. The fourth-order valence-electron chi connectivity index (χ4n) is 0.718. The highest BCUT2D eigenvalue weighted by atomic mass is 16.6. The number of rotatable bonds is 4. The van der Waals surface area contributed by atoms with Crippen molar-refractivity contribution in [2.75, 3.05) is 13.7 Å². The van der Waals surface area contributed by atoms with Crippen molar-refractivity contribution in [1.82, 2.24) is 5.32 Å². The predicted octanol–water partition coefficient (Wildman–Crippen LogP) is -0.773. The molecule has 0 aromatic rings. The molecule has 14 heavy (non-hydrogen) atoms. The van der Waals surface area contributed by atoms with Gasteiger partial charge in [-0.05, 0) is 0 Å². The van der Waals surface area contributed by atoms with Gasteiger partial charge in [-0.15, -0.1) is 0 Å². The second-order valence-electron chi connectivity index (χ2n) is 2.51. The Kier molecular flexibility index (Phi) is 5.28. The first-order valence-electron chi connectivity index (χ1n) is 3.99. The molecule has 0 fully saturated rings. The van der Waals surface area contributed by atoms with Gasteiger partial charge in [-0.2, -0.15) is 0 Å². The maximum Gasteiger partial charge on any atom is 0.303 e. The summed E-state index contributed by atoms with van der Waals surface area (Å²) in [6, 6.07) is 0. The third kappa shape index (κ3) is 5.13. The molecule has 0 bridgehead atoms. The molecule has 0 radical (unpaired) electrons.